The van der Waals surface area contributed by atoms with Crippen LogP contribution < -0.4 is 4.74 Å². The average molecular weight is 336 g/mol. The Balaban J connectivity index is 1.83. The van der Waals surface area contributed by atoms with Crippen molar-refractivity contribution < 1.29 is 38.8 Å². The largest absolute Gasteiger partial charge is 0.497 e. The number of Topliss-reactive ketones (excluding diaryl/α,β-unsaturated/α-hetero) is 1. The van der Waals surface area contributed by atoms with Gasteiger partial charge in [-0.25, -0.2) is 9.59 Å². The first kappa shape index (κ1) is 17.6. The first-order chi connectivity index (χ1) is 11.4. The summed E-state index contributed by atoms with van der Waals surface area (Å²) in [5.41, 5.74) is 0.733. The number of ketones is 1. The van der Waals surface area contributed by atoms with E-state index in [1.165, 1.54) is 6.08 Å². The lowest BCUT2D eigenvalue weighted by atomic mass is 10.1. The molecule has 128 valence electrons. The minimum Gasteiger partial charge on any atom is -0.497 e. The van der Waals surface area contributed by atoms with Gasteiger partial charge < -0.3 is 24.4 Å². The molecule has 0 amide bonds. The van der Waals surface area contributed by atoms with Crippen LogP contribution in [0.2, 0.25) is 0 Å². The summed E-state index contributed by atoms with van der Waals surface area (Å²) in [6.45, 7) is -0.553. The second kappa shape index (κ2) is 7.71. The minimum absolute atomic E-state index is 0.553. The molecule has 1 aliphatic heterocycles. The summed E-state index contributed by atoms with van der Waals surface area (Å²) >= 11 is 0. The zero-order valence-electron chi connectivity index (χ0n) is 12.7. The number of cyclic esters (lactones) is 1. The highest BCUT2D eigenvalue weighted by Crippen LogP contribution is 2.15. The first-order valence-corrected chi connectivity index (χ1v) is 7.01. The molecule has 0 bridgehead atoms. The highest BCUT2D eigenvalue weighted by molar-refractivity contribution is 6.09. The zero-order valence-corrected chi connectivity index (χ0v) is 12.7. The Morgan fingerprint density at radius 3 is 2.54 bits per heavy atom. The Kier molecular flexibility index (Phi) is 5.67. The molecule has 0 spiro atoms. The molecule has 3 unspecified atom stereocenters. The molecule has 1 aromatic rings. The Morgan fingerprint density at radius 1 is 1.33 bits per heavy atom. The standard InChI is InChI=1S/C16H16O8/c1-22-10-5-2-9(3-6-10)4-7-12(18)23-8-11(17)15-13(19)14(20)16(21)24-15/h2-7,11,14-15,17,20H,8H2,1H3. The van der Waals surface area contributed by atoms with Crippen molar-refractivity contribution in [1.82, 2.24) is 0 Å². The smallest absolute Gasteiger partial charge is 0.343 e. The van der Waals surface area contributed by atoms with Crippen molar-refractivity contribution in [3.05, 3.63) is 35.9 Å². The molecule has 1 heterocycles. The molecule has 2 N–H and O–H groups in total. The maximum Gasteiger partial charge on any atom is 0.343 e. The Bertz CT molecular complexity index is 649. The predicted octanol–water partition coefficient (Wildman–Crippen LogP) is -0.532. The highest BCUT2D eigenvalue weighted by atomic mass is 16.6. The van der Waals surface area contributed by atoms with E-state index in [0.717, 1.165) is 11.6 Å². The molecule has 8 nitrogen and oxygen atoms in total. The molecule has 0 aromatic heterocycles. The van der Waals surface area contributed by atoms with Crippen molar-refractivity contribution in [3.63, 3.8) is 0 Å². The average Bonchev–Trinajstić information content (AvgIpc) is 2.85. The Hall–Kier alpha value is -2.71. The predicted molar refractivity (Wildman–Crippen MR) is 79.9 cm³/mol. The highest BCUT2D eigenvalue weighted by Gasteiger charge is 2.46. The quantitative estimate of drug-likeness (QED) is 0.404. The van der Waals surface area contributed by atoms with E-state index in [1.54, 1.807) is 31.4 Å². The van der Waals surface area contributed by atoms with E-state index in [1.807, 2.05) is 0 Å². The Labute approximate surface area is 137 Å². The van der Waals surface area contributed by atoms with Crippen molar-refractivity contribution >= 4 is 23.8 Å². The van der Waals surface area contributed by atoms with Gasteiger partial charge in [0.2, 0.25) is 11.9 Å². The molecule has 8 heteroatoms. The van der Waals surface area contributed by atoms with Crippen molar-refractivity contribution in [2.24, 2.45) is 0 Å². The van der Waals surface area contributed by atoms with Gasteiger partial charge in [-0.15, -0.1) is 0 Å². The summed E-state index contributed by atoms with van der Waals surface area (Å²) in [4.78, 5) is 34.0. The van der Waals surface area contributed by atoms with E-state index < -0.39 is 42.6 Å². The first-order valence-electron chi connectivity index (χ1n) is 7.01. The molecule has 2 rings (SSSR count). The topological polar surface area (TPSA) is 119 Å². The fourth-order valence-corrected chi connectivity index (χ4v) is 1.97. The number of rotatable bonds is 6. The fraction of sp³-hybridized carbons (Fsp3) is 0.312. The maximum absolute atomic E-state index is 11.6. The van der Waals surface area contributed by atoms with Crippen LogP contribution in [-0.4, -0.2) is 60.0 Å². The van der Waals surface area contributed by atoms with E-state index in [9.17, 15) is 19.5 Å². The van der Waals surface area contributed by atoms with Gasteiger partial charge in [0.05, 0.1) is 7.11 Å². The number of carbonyl (C=O) groups excluding carboxylic acids is 3. The summed E-state index contributed by atoms with van der Waals surface area (Å²) in [7, 11) is 1.54. The van der Waals surface area contributed by atoms with Gasteiger partial charge >= 0.3 is 11.9 Å². The van der Waals surface area contributed by atoms with E-state index in [0.29, 0.717) is 5.75 Å². The normalized spacial score (nSPS) is 21.6. The molecule has 24 heavy (non-hydrogen) atoms. The van der Waals surface area contributed by atoms with Crippen LogP contribution in [0.5, 0.6) is 5.75 Å². The maximum atomic E-state index is 11.6. The minimum atomic E-state index is -1.91. The molecular weight excluding hydrogens is 320 g/mol. The number of aliphatic hydroxyl groups excluding tert-OH is 2. The van der Waals surface area contributed by atoms with Gasteiger partial charge in [0.15, 0.2) is 6.10 Å². The molecule has 1 aromatic carbocycles. The van der Waals surface area contributed by atoms with Crippen LogP contribution in [0.25, 0.3) is 6.08 Å². The second-order valence-corrected chi connectivity index (χ2v) is 4.97. The van der Waals surface area contributed by atoms with Crippen molar-refractivity contribution in [2.75, 3.05) is 13.7 Å². The van der Waals surface area contributed by atoms with Crippen LogP contribution in [0.3, 0.4) is 0 Å². The molecule has 0 aliphatic carbocycles. The lowest BCUT2D eigenvalue weighted by Gasteiger charge is -2.14. The SMILES string of the molecule is COc1ccc(C=CC(=O)OCC(O)C2OC(=O)C(O)C2=O)cc1. The molecule has 3 atom stereocenters. The Morgan fingerprint density at radius 2 is 2.00 bits per heavy atom. The number of benzene rings is 1. The van der Waals surface area contributed by atoms with Crippen LogP contribution in [0.15, 0.2) is 30.3 Å². The van der Waals surface area contributed by atoms with Gasteiger partial charge in [0.1, 0.15) is 18.5 Å². The van der Waals surface area contributed by atoms with Gasteiger partial charge in [0.25, 0.3) is 0 Å². The number of ether oxygens (including phenoxy) is 3. The van der Waals surface area contributed by atoms with Crippen LogP contribution in [-0.2, 0) is 23.9 Å². The number of aliphatic hydroxyl groups is 2. The second-order valence-electron chi connectivity index (χ2n) is 4.97. The van der Waals surface area contributed by atoms with E-state index >= 15 is 0 Å². The third-order valence-corrected chi connectivity index (χ3v) is 3.29. The molecule has 1 saturated heterocycles. The number of hydrogen-bond acceptors (Lipinski definition) is 8. The van der Waals surface area contributed by atoms with Gasteiger partial charge in [-0.1, -0.05) is 12.1 Å². The molecule has 1 aliphatic rings. The number of esters is 2. The molecule has 1 fully saturated rings. The van der Waals surface area contributed by atoms with Crippen LogP contribution in [0.4, 0.5) is 0 Å². The van der Waals surface area contributed by atoms with Gasteiger partial charge in [-0.3, -0.25) is 4.79 Å². The van der Waals surface area contributed by atoms with Crippen LogP contribution >= 0.6 is 0 Å². The number of methoxy groups -OCH3 is 1. The summed E-state index contributed by atoms with van der Waals surface area (Å²) in [5.74, 6) is -2.16. The number of carbonyl (C=O) groups is 3. The van der Waals surface area contributed by atoms with E-state index in [-0.39, 0.29) is 0 Å². The van der Waals surface area contributed by atoms with E-state index in [2.05, 4.69) is 4.74 Å². The van der Waals surface area contributed by atoms with Gasteiger partial charge in [0, 0.05) is 6.08 Å². The van der Waals surface area contributed by atoms with Crippen molar-refractivity contribution in [3.8, 4) is 5.75 Å². The van der Waals surface area contributed by atoms with Crippen molar-refractivity contribution in [1.29, 1.82) is 0 Å². The van der Waals surface area contributed by atoms with Crippen LogP contribution in [0, 0.1) is 0 Å². The van der Waals surface area contributed by atoms with Gasteiger partial charge in [-0.05, 0) is 23.8 Å². The summed E-state index contributed by atoms with van der Waals surface area (Å²) in [6.07, 6.45) is -2.34. The van der Waals surface area contributed by atoms with Crippen molar-refractivity contribution in [2.45, 2.75) is 18.3 Å². The molecule has 0 saturated carbocycles. The monoisotopic (exact) mass is 336 g/mol. The van der Waals surface area contributed by atoms with E-state index in [4.69, 9.17) is 14.6 Å². The van der Waals surface area contributed by atoms with Crippen LogP contribution in [0.1, 0.15) is 5.56 Å². The third kappa shape index (κ3) is 4.18. The number of hydrogen-bond donors (Lipinski definition) is 2. The molecular formula is C16H16O8. The summed E-state index contributed by atoms with van der Waals surface area (Å²) in [5, 5.41) is 18.9. The lowest BCUT2D eigenvalue weighted by molar-refractivity contribution is -0.154. The summed E-state index contributed by atoms with van der Waals surface area (Å²) < 4.78 is 14.3. The summed E-state index contributed by atoms with van der Waals surface area (Å²) in [6, 6.07) is 6.91. The third-order valence-electron chi connectivity index (χ3n) is 3.29. The lowest BCUT2D eigenvalue weighted by Crippen LogP contribution is -2.37. The fourth-order valence-electron chi connectivity index (χ4n) is 1.97. The zero-order chi connectivity index (χ0) is 17.7. The molecule has 0 radical (unpaired) electrons. The van der Waals surface area contributed by atoms with Gasteiger partial charge in [-0.2, -0.15) is 0 Å².